The number of nitrogens with zero attached hydrogens (tertiary/aromatic N) is 2. The molecular weight excluding hydrogens is 620 g/mol. The van der Waals surface area contributed by atoms with Crippen molar-refractivity contribution in [1.29, 1.82) is 0 Å². The topological polar surface area (TPSA) is 125 Å². The maximum Gasteiger partial charge on any atom is 0.490 e. The first-order valence-corrected chi connectivity index (χ1v) is 13.4. The molecule has 2 N–H and O–H groups in total. The molecule has 0 radical (unpaired) electrons. The van der Waals surface area contributed by atoms with Crippen LogP contribution in [-0.4, -0.2) is 71.1 Å². The fourth-order valence-corrected chi connectivity index (χ4v) is 6.62. The summed E-state index contributed by atoms with van der Waals surface area (Å²) in [6.45, 7) is 1.66. The highest BCUT2D eigenvalue weighted by molar-refractivity contribution is 7.92. The number of carboxylic acids is 2. The molecule has 2 unspecified atom stereocenters. The Labute approximate surface area is 238 Å². The van der Waals surface area contributed by atoms with Crippen molar-refractivity contribution in [1.82, 2.24) is 9.88 Å². The molecule has 2 aliphatic rings. The van der Waals surface area contributed by atoms with Crippen LogP contribution in [0.4, 0.5) is 35.1 Å². The Hall–Kier alpha value is -4.12. The molecule has 1 fully saturated rings. The molecule has 2 aliphatic heterocycles. The summed E-state index contributed by atoms with van der Waals surface area (Å²) in [5.41, 5.74) is 3.34. The third-order valence-electron chi connectivity index (χ3n) is 6.32. The molecule has 0 bridgehead atoms. The van der Waals surface area contributed by atoms with E-state index in [1.54, 1.807) is 30.3 Å². The third kappa shape index (κ3) is 8.25. The molecule has 232 valence electrons. The average Bonchev–Trinajstić information content (AvgIpc) is 3.42. The number of fused-ring (bicyclic) bond motifs is 3. The van der Waals surface area contributed by atoms with Crippen molar-refractivity contribution in [2.45, 2.75) is 35.0 Å². The lowest BCUT2D eigenvalue weighted by molar-refractivity contribution is -0.193. The lowest BCUT2D eigenvalue weighted by Crippen LogP contribution is -2.25. The fraction of sp³-hybridized carbons (Fsp3) is 0.269. The molecule has 43 heavy (non-hydrogen) atoms. The summed E-state index contributed by atoms with van der Waals surface area (Å²) in [5.74, 6) is -6.46. The molecule has 1 aromatic heterocycles. The van der Waals surface area contributed by atoms with Crippen LogP contribution in [0.5, 0.6) is 0 Å². The number of carboxylic acid groups (broad SMARTS) is 2. The number of aliphatic carboxylic acids is 2. The first-order chi connectivity index (χ1) is 19.8. The SMILES string of the molecule is O=C(O)C(F)(F)F.O=C(O)C(F)(F)F.O=S1(=O)c2ccc(-c3ccc(F)nc3)cc2C2CN(Cc3ccc(F)cc3)CC21. The van der Waals surface area contributed by atoms with E-state index >= 15 is 0 Å². The van der Waals surface area contributed by atoms with Crippen LogP contribution >= 0.6 is 0 Å². The Balaban J connectivity index is 0.000000303. The number of alkyl halides is 6. The molecule has 8 nitrogen and oxygen atoms in total. The van der Waals surface area contributed by atoms with E-state index < -0.39 is 45.3 Å². The van der Waals surface area contributed by atoms with E-state index in [1.807, 2.05) is 6.07 Å². The largest absolute Gasteiger partial charge is 0.490 e. The van der Waals surface area contributed by atoms with Crippen molar-refractivity contribution in [3.63, 3.8) is 0 Å². The third-order valence-corrected chi connectivity index (χ3v) is 8.58. The van der Waals surface area contributed by atoms with E-state index in [2.05, 4.69) is 9.88 Å². The van der Waals surface area contributed by atoms with Crippen LogP contribution in [0, 0.1) is 11.8 Å². The molecule has 3 aromatic rings. The molecule has 2 atom stereocenters. The van der Waals surface area contributed by atoms with Crippen LogP contribution in [0.2, 0.25) is 0 Å². The van der Waals surface area contributed by atoms with Crippen molar-refractivity contribution >= 4 is 21.8 Å². The summed E-state index contributed by atoms with van der Waals surface area (Å²) in [6, 6.07) is 14.5. The second-order valence-electron chi connectivity index (χ2n) is 9.24. The number of aromatic nitrogens is 1. The minimum atomic E-state index is -5.08. The smallest absolute Gasteiger partial charge is 0.475 e. The first kappa shape index (κ1) is 33.4. The highest BCUT2D eigenvalue weighted by atomic mass is 32.2. The minimum Gasteiger partial charge on any atom is -0.475 e. The highest BCUT2D eigenvalue weighted by Gasteiger charge is 2.50. The van der Waals surface area contributed by atoms with E-state index in [0.717, 1.165) is 22.3 Å². The van der Waals surface area contributed by atoms with E-state index in [9.17, 15) is 43.5 Å². The predicted octanol–water partition coefficient (Wildman–Crippen LogP) is 5.05. The molecule has 5 rings (SSSR count). The van der Waals surface area contributed by atoms with Gasteiger partial charge < -0.3 is 10.2 Å². The molecule has 0 spiro atoms. The van der Waals surface area contributed by atoms with Gasteiger partial charge in [0.1, 0.15) is 5.82 Å². The molecular formula is C26H20F8N2O6S. The van der Waals surface area contributed by atoms with Gasteiger partial charge in [0.2, 0.25) is 5.95 Å². The van der Waals surface area contributed by atoms with Crippen LogP contribution in [0.1, 0.15) is 17.0 Å². The number of halogens is 8. The molecule has 2 aromatic carbocycles. The molecule has 0 amide bonds. The number of hydrogen-bond donors (Lipinski definition) is 2. The predicted molar refractivity (Wildman–Crippen MR) is 132 cm³/mol. The van der Waals surface area contributed by atoms with Crippen molar-refractivity contribution in [2.24, 2.45) is 0 Å². The van der Waals surface area contributed by atoms with Gasteiger partial charge in [0.15, 0.2) is 9.84 Å². The van der Waals surface area contributed by atoms with Gasteiger partial charge in [-0.05, 0) is 53.1 Å². The van der Waals surface area contributed by atoms with Gasteiger partial charge >= 0.3 is 24.3 Å². The van der Waals surface area contributed by atoms with E-state index in [4.69, 9.17) is 19.8 Å². The van der Waals surface area contributed by atoms with Crippen molar-refractivity contribution in [2.75, 3.05) is 13.1 Å². The van der Waals surface area contributed by atoms with E-state index in [1.165, 1.54) is 24.4 Å². The zero-order valence-corrected chi connectivity index (χ0v) is 22.2. The van der Waals surface area contributed by atoms with Crippen LogP contribution in [0.25, 0.3) is 11.1 Å². The Morgan fingerprint density at radius 1 is 0.837 bits per heavy atom. The standard InChI is InChI=1S/C22H18F2N2O2S.2C2HF3O2/c23-17-5-1-14(2-6-17)11-26-12-19-18-9-15(16-4-8-22(24)25-10-16)3-7-20(18)29(27,28)21(19)13-26;2*3-2(4,5)1(6)7/h1-10,19,21H,11-13H2;2*(H,6,7). The van der Waals surface area contributed by atoms with E-state index in [-0.39, 0.29) is 11.7 Å². The van der Waals surface area contributed by atoms with Crippen LogP contribution in [0.3, 0.4) is 0 Å². The number of hydrogen-bond acceptors (Lipinski definition) is 6. The summed E-state index contributed by atoms with van der Waals surface area (Å²) in [6.07, 6.45) is -8.71. The number of likely N-dealkylation sites (tertiary alicyclic amines) is 1. The lowest BCUT2D eigenvalue weighted by Gasteiger charge is -2.17. The average molecular weight is 641 g/mol. The van der Waals surface area contributed by atoms with Crippen molar-refractivity contribution in [3.8, 4) is 11.1 Å². The second kappa shape index (κ2) is 12.6. The maximum atomic E-state index is 13.1. The van der Waals surface area contributed by atoms with Crippen molar-refractivity contribution < 1.29 is 63.3 Å². The zero-order valence-electron chi connectivity index (χ0n) is 21.4. The zero-order chi connectivity index (χ0) is 32.3. The fourth-order valence-electron chi connectivity index (χ4n) is 4.43. The molecule has 0 saturated carbocycles. The monoisotopic (exact) mass is 640 g/mol. The summed E-state index contributed by atoms with van der Waals surface area (Å²) < 4.78 is 116. The van der Waals surface area contributed by atoms with Gasteiger partial charge in [0.05, 0.1) is 10.1 Å². The van der Waals surface area contributed by atoms with Gasteiger partial charge in [-0.25, -0.2) is 27.4 Å². The van der Waals surface area contributed by atoms with Gasteiger partial charge in [0, 0.05) is 37.3 Å². The van der Waals surface area contributed by atoms with Gasteiger partial charge in [-0.3, -0.25) is 4.90 Å². The number of sulfone groups is 1. The Morgan fingerprint density at radius 3 is 1.86 bits per heavy atom. The number of pyridine rings is 1. The molecule has 1 saturated heterocycles. The van der Waals surface area contributed by atoms with Crippen LogP contribution < -0.4 is 0 Å². The maximum absolute atomic E-state index is 13.1. The molecule has 17 heteroatoms. The normalized spacial score (nSPS) is 18.8. The summed E-state index contributed by atoms with van der Waals surface area (Å²) in [4.78, 5) is 24.0. The number of rotatable bonds is 3. The number of benzene rings is 2. The Kier molecular flexibility index (Phi) is 9.80. The van der Waals surface area contributed by atoms with Crippen molar-refractivity contribution in [3.05, 3.63) is 83.7 Å². The quantitative estimate of drug-likeness (QED) is 0.301. The van der Waals surface area contributed by atoms with Crippen LogP contribution in [0.15, 0.2) is 65.7 Å². The lowest BCUT2D eigenvalue weighted by atomic mass is 9.95. The molecule has 0 aliphatic carbocycles. The highest BCUT2D eigenvalue weighted by Crippen LogP contribution is 2.46. The molecule has 3 heterocycles. The Morgan fingerprint density at radius 2 is 1.37 bits per heavy atom. The summed E-state index contributed by atoms with van der Waals surface area (Å²) >= 11 is 0. The Bertz CT molecular complexity index is 1550. The van der Waals surface area contributed by atoms with Gasteiger partial charge in [-0.2, -0.15) is 30.7 Å². The van der Waals surface area contributed by atoms with Gasteiger partial charge in [-0.15, -0.1) is 0 Å². The summed E-state index contributed by atoms with van der Waals surface area (Å²) in [7, 11) is -3.40. The first-order valence-electron chi connectivity index (χ1n) is 11.9. The number of carbonyl (C=O) groups is 2. The van der Waals surface area contributed by atoms with Crippen LogP contribution in [-0.2, 0) is 26.0 Å². The van der Waals surface area contributed by atoms with Gasteiger partial charge in [-0.1, -0.05) is 18.2 Å². The second-order valence-corrected chi connectivity index (χ2v) is 11.4. The summed E-state index contributed by atoms with van der Waals surface area (Å²) in [5, 5.41) is 13.8. The van der Waals surface area contributed by atoms with Gasteiger partial charge in [0.25, 0.3) is 0 Å². The minimum absolute atomic E-state index is 0.108. The van der Waals surface area contributed by atoms with E-state index in [0.29, 0.717) is 24.5 Å².